The molecule has 2 rings (SSSR count). The molecule has 4 N–H and O–H groups in total. The van der Waals surface area contributed by atoms with E-state index in [-0.39, 0.29) is 5.91 Å². The molecule has 1 amide bonds. The summed E-state index contributed by atoms with van der Waals surface area (Å²) in [5.41, 5.74) is 4.63. The number of benzene rings is 1. The molecule has 6 heteroatoms. The summed E-state index contributed by atoms with van der Waals surface area (Å²) in [6.45, 7) is 1.93. The Bertz CT molecular complexity index is 615. The second kappa shape index (κ2) is 5.81. The minimum Gasteiger partial charge on any atom is -0.322 e. The van der Waals surface area contributed by atoms with Crippen LogP contribution in [0.2, 0.25) is 0 Å². The van der Waals surface area contributed by atoms with E-state index in [4.69, 9.17) is 5.84 Å². The number of pyridine rings is 1. The summed E-state index contributed by atoms with van der Waals surface area (Å²) < 4.78 is 0.948. The van der Waals surface area contributed by atoms with Crippen LogP contribution in [0.5, 0.6) is 0 Å². The molecule has 0 saturated carbocycles. The Balaban J connectivity index is 2.23. The van der Waals surface area contributed by atoms with Gasteiger partial charge in [-0.1, -0.05) is 22.0 Å². The highest BCUT2D eigenvalue weighted by molar-refractivity contribution is 9.10. The van der Waals surface area contributed by atoms with E-state index in [0.29, 0.717) is 11.4 Å². The van der Waals surface area contributed by atoms with E-state index in [1.165, 1.54) is 6.20 Å². The number of carbonyl (C=O) groups excluding carboxylic acids is 1. The van der Waals surface area contributed by atoms with Gasteiger partial charge in [-0.15, -0.1) is 0 Å². The van der Waals surface area contributed by atoms with Crippen molar-refractivity contribution < 1.29 is 4.79 Å². The predicted octanol–water partition coefficient (Wildman–Crippen LogP) is 2.69. The first-order valence-corrected chi connectivity index (χ1v) is 6.40. The van der Waals surface area contributed by atoms with Crippen LogP contribution in [0, 0.1) is 6.92 Å². The van der Waals surface area contributed by atoms with E-state index in [2.05, 4.69) is 31.7 Å². The van der Waals surface area contributed by atoms with Crippen LogP contribution < -0.4 is 16.6 Å². The van der Waals surface area contributed by atoms with Gasteiger partial charge in [0.05, 0.1) is 0 Å². The van der Waals surface area contributed by atoms with Crippen molar-refractivity contribution in [2.45, 2.75) is 6.92 Å². The minimum absolute atomic E-state index is 0.208. The van der Waals surface area contributed by atoms with E-state index < -0.39 is 0 Å². The lowest BCUT2D eigenvalue weighted by Crippen LogP contribution is -2.15. The number of carbonyl (C=O) groups is 1. The highest BCUT2D eigenvalue weighted by Gasteiger charge is 2.09. The molecule has 5 nitrogen and oxygen atoms in total. The molecule has 0 saturated heterocycles. The fourth-order valence-electron chi connectivity index (χ4n) is 1.59. The second-order valence-corrected chi connectivity index (χ2v) is 4.79. The fraction of sp³-hybridized carbons (Fsp3) is 0.0769. The van der Waals surface area contributed by atoms with Gasteiger partial charge in [0.15, 0.2) is 0 Å². The molecule has 19 heavy (non-hydrogen) atoms. The standard InChI is InChI=1S/C13H13BrN4O/c1-8-10(14)3-2-4-11(8)17-13(19)9-5-6-16-12(7-9)18-15/h2-7H,15H2,1H3,(H,16,18)(H,17,19). The highest BCUT2D eigenvalue weighted by atomic mass is 79.9. The van der Waals surface area contributed by atoms with Crippen molar-refractivity contribution in [1.82, 2.24) is 4.98 Å². The number of nitrogens with one attached hydrogen (secondary N) is 2. The fourth-order valence-corrected chi connectivity index (χ4v) is 1.95. The zero-order valence-electron chi connectivity index (χ0n) is 10.3. The number of nitrogen functional groups attached to an aromatic ring is 1. The summed E-state index contributed by atoms with van der Waals surface area (Å²) in [6, 6.07) is 8.85. The number of rotatable bonds is 3. The van der Waals surface area contributed by atoms with Gasteiger partial charge in [0, 0.05) is 21.9 Å². The third kappa shape index (κ3) is 3.10. The van der Waals surface area contributed by atoms with E-state index >= 15 is 0 Å². The molecule has 0 bridgehead atoms. The lowest BCUT2D eigenvalue weighted by atomic mass is 10.2. The molecular weight excluding hydrogens is 308 g/mol. The Labute approximate surface area is 119 Å². The van der Waals surface area contributed by atoms with Crippen molar-refractivity contribution in [2.75, 3.05) is 10.7 Å². The summed E-state index contributed by atoms with van der Waals surface area (Å²) in [7, 11) is 0. The SMILES string of the molecule is Cc1c(Br)cccc1NC(=O)c1ccnc(NN)c1. The average molecular weight is 321 g/mol. The molecule has 0 spiro atoms. The van der Waals surface area contributed by atoms with Gasteiger partial charge < -0.3 is 10.7 Å². The smallest absolute Gasteiger partial charge is 0.255 e. The number of halogens is 1. The molecule has 1 aromatic carbocycles. The quantitative estimate of drug-likeness (QED) is 0.600. The molecule has 1 heterocycles. The molecular formula is C13H13BrN4O. The minimum atomic E-state index is -0.208. The number of amides is 1. The van der Waals surface area contributed by atoms with E-state index in [0.717, 1.165) is 15.7 Å². The lowest BCUT2D eigenvalue weighted by Gasteiger charge is -2.10. The number of nitrogens with two attached hydrogens (primary N) is 1. The largest absolute Gasteiger partial charge is 0.322 e. The van der Waals surface area contributed by atoms with Gasteiger partial charge in [0.25, 0.3) is 5.91 Å². The molecule has 0 aliphatic carbocycles. The zero-order chi connectivity index (χ0) is 13.8. The van der Waals surface area contributed by atoms with Crippen molar-refractivity contribution in [3.05, 3.63) is 52.1 Å². The highest BCUT2D eigenvalue weighted by Crippen LogP contribution is 2.24. The Morgan fingerprint density at radius 1 is 1.37 bits per heavy atom. The van der Waals surface area contributed by atoms with Gasteiger partial charge in [-0.25, -0.2) is 10.8 Å². The molecule has 0 unspecified atom stereocenters. The van der Waals surface area contributed by atoms with Crippen LogP contribution in [0.1, 0.15) is 15.9 Å². The third-order valence-electron chi connectivity index (χ3n) is 2.69. The number of nitrogens with zero attached hydrogens (tertiary/aromatic N) is 1. The van der Waals surface area contributed by atoms with Crippen LogP contribution >= 0.6 is 15.9 Å². The van der Waals surface area contributed by atoms with Gasteiger partial charge in [-0.2, -0.15) is 0 Å². The Hall–Kier alpha value is -1.92. The topological polar surface area (TPSA) is 80.0 Å². The number of anilines is 2. The van der Waals surface area contributed by atoms with Crippen molar-refractivity contribution in [3.63, 3.8) is 0 Å². The summed E-state index contributed by atoms with van der Waals surface area (Å²) in [6.07, 6.45) is 1.53. The normalized spacial score (nSPS) is 10.1. The van der Waals surface area contributed by atoms with E-state index in [1.54, 1.807) is 12.1 Å². The molecule has 1 aromatic heterocycles. The van der Waals surface area contributed by atoms with Crippen LogP contribution in [0.3, 0.4) is 0 Å². The number of hydrogen-bond donors (Lipinski definition) is 3. The first kappa shape index (κ1) is 13.5. The Morgan fingerprint density at radius 2 is 2.16 bits per heavy atom. The van der Waals surface area contributed by atoms with Crippen LogP contribution in [0.4, 0.5) is 11.5 Å². The number of hydrogen-bond acceptors (Lipinski definition) is 4. The summed E-state index contributed by atoms with van der Waals surface area (Å²) in [5.74, 6) is 5.50. The molecule has 0 atom stereocenters. The van der Waals surface area contributed by atoms with Gasteiger partial charge >= 0.3 is 0 Å². The zero-order valence-corrected chi connectivity index (χ0v) is 11.9. The van der Waals surface area contributed by atoms with E-state index in [1.807, 2.05) is 25.1 Å². The summed E-state index contributed by atoms with van der Waals surface area (Å²) in [4.78, 5) is 16.1. The summed E-state index contributed by atoms with van der Waals surface area (Å²) in [5, 5.41) is 2.85. The third-order valence-corrected chi connectivity index (χ3v) is 3.54. The van der Waals surface area contributed by atoms with Gasteiger partial charge in [-0.05, 0) is 36.8 Å². The van der Waals surface area contributed by atoms with E-state index in [9.17, 15) is 4.79 Å². The molecule has 0 aliphatic rings. The van der Waals surface area contributed by atoms with Crippen molar-refractivity contribution in [2.24, 2.45) is 5.84 Å². The Morgan fingerprint density at radius 3 is 2.89 bits per heavy atom. The average Bonchev–Trinajstić information content (AvgIpc) is 2.44. The number of hydrazine groups is 1. The van der Waals surface area contributed by atoms with Crippen molar-refractivity contribution in [3.8, 4) is 0 Å². The van der Waals surface area contributed by atoms with Crippen LogP contribution in [-0.2, 0) is 0 Å². The maximum absolute atomic E-state index is 12.1. The molecule has 2 aromatic rings. The molecule has 0 fully saturated rings. The van der Waals surface area contributed by atoms with Gasteiger partial charge in [0.2, 0.25) is 0 Å². The molecule has 98 valence electrons. The van der Waals surface area contributed by atoms with Crippen molar-refractivity contribution in [1.29, 1.82) is 0 Å². The summed E-state index contributed by atoms with van der Waals surface area (Å²) >= 11 is 3.43. The second-order valence-electron chi connectivity index (χ2n) is 3.94. The van der Waals surface area contributed by atoms with Crippen molar-refractivity contribution >= 4 is 33.3 Å². The number of aromatic nitrogens is 1. The lowest BCUT2D eigenvalue weighted by molar-refractivity contribution is 0.102. The first-order valence-electron chi connectivity index (χ1n) is 5.61. The van der Waals surface area contributed by atoms with Gasteiger partial charge in [0.1, 0.15) is 5.82 Å². The van der Waals surface area contributed by atoms with Crippen LogP contribution in [0.15, 0.2) is 41.0 Å². The molecule has 0 aliphatic heterocycles. The first-order chi connectivity index (χ1) is 9.11. The van der Waals surface area contributed by atoms with Crippen LogP contribution in [0.25, 0.3) is 0 Å². The Kier molecular flexibility index (Phi) is 4.13. The maximum atomic E-state index is 12.1. The monoisotopic (exact) mass is 320 g/mol. The predicted molar refractivity (Wildman–Crippen MR) is 78.9 cm³/mol. The van der Waals surface area contributed by atoms with Crippen LogP contribution in [-0.4, -0.2) is 10.9 Å². The van der Waals surface area contributed by atoms with Gasteiger partial charge in [-0.3, -0.25) is 4.79 Å². The maximum Gasteiger partial charge on any atom is 0.255 e. The molecule has 0 radical (unpaired) electrons.